The van der Waals surface area contributed by atoms with Gasteiger partial charge in [-0.1, -0.05) is 26.2 Å². The molecular weight excluding hydrogens is 168 g/mol. The summed E-state index contributed by atoms with van der Waals surface area (Å²) < 4.78 is 0. The second-order valence-electron chi connectivity index (χ2n) is 6.17. The first-order chi connectivity index (χ1) is 6.86. The van der Waals surface area contributed by atoms with E-state index in [9.17, 15) is 0 Å². The number of hydrogen-bond donors (Lipinski definition) is 0. The lowest BCUT2D eigenvalue weighted by atomic mass is 9.96. The highest BCUT2D eigenvalue weighted by molar-refractivity contribution is 5.12. The van der Waals surface area contributed by atoms with E-state index in [2.05, 4.69) is 6.92 Å². The van der Waals surface area contributed by atoms with Gasteiger partial charge in [-0.2, -0.15) is 0 Å². The highest BCUT2D eigenvalue weighted by Crippen LogP contribution is 2.71. The molecule has 3 rings (SSSR count). The Morgan fingerprint density at radius 2 is 2.00 bits per heavy atom. The second kappa shape index (κ2) is 3.25. The van der Waals surface area contributed by atoms with Crippen LogP contribution in [0.1, 0.15) is 64.7 Å². The van der Waals surface area contributed by atoms with E-state index in [-0.39, 0.29) is 0 Å². The molecule has 0 aromatic rings. The van der Waals surface area contributed by atoms with Crippen molar-refractivity contribution in [3.8, 4) is 0 Å². The van der Waals surface area contributed by atoms with Gasteiger partial charge in [-0.3, -0.25) is 0 Å². The summed E-state index contributed by atoms with van der Waals surface area (Å²) in [6.45, 7) is 2.32. The molecule has 3 aliphatic rings. The van der Waals surface area contributed by atoms with Gasteiger partial charge >= 0.3 is 0 Å². The van der Waals surface area contributed by atoms with Crippen LogP contribution in [0.5, 0.6) is 0 Å². The molecule has 14 heavy (non-hydrogen) atoms. The molecule has 0 aromatic heterocycles. The SMILES string of the molecule is CCCCCC12CCC(C3CC3)C1C2. The van der Waals surface area contributed by atoms with Gasteiger partial charge in [0.1, 0.15) is 0 Å². The minimum absolute atomic E-state index is 0.905. The van der Waals surface area contributed by atoms with Gasteiger partial charge in [-0.15, -0.1) is 0 Å². The van der Waals surface area contributed by atoms with Crippen LogP contribution in [0.15, 0.2) is 0 Å². The fourth-order valence-corrected chi connectivity index (χ4v) is 4.16. The smallest absolute Gasteiger partial charge is 0.0263 e. The molecule has 0 amide bonds. The summed E-state index contributed by atoms with van der Waals surface area (Å²) in [4.78, 5) is 0. The fourth-order valence-electron chi connectivity index (χ4n) is 4.16. The van der Waals surface area contributed by atoms with Crippen LogP contribution in [-0.2, 0) is 0 Å². The Balaban J connectivity index is 1.51. The maximum absolute atomic E-state index is 2.32. The molecule has 3 saturated carbocycles. The molecule has 0 saturated heterocycles. The molecule has 0 N–H and O–H groups in total. The zero-order valence-electron chi connectivity index (χ0n) is 9.60. The van der Waals surface area contributed by atoms with Gasteiger partial charge < -0.3 is 0 Å². The van der Waals surface area contributed by atoms with Crippen molar-refractivity contribution in [1.82, 2.24) is 0 Å². The Labute approximate surface area is 88.5 Å². The Kier molecular flexibility index (Phi) is 2.15. The standard InChI is InChI=1S/C14H24/c1-2-3-4-8-14-9-7-12(11-5-6-11)13(14)10-14/h11-13H,2-10H2,1H3. The number of fused-ring (bicyclic) bond motifs is 1. The third-order valence-electron chi connectivity index (χ3n) is 5.25. The van der Waals surface area contributed by atoms with Crippen molar-refractivity contribution in [3.05, 3.63) is 0 Å². The third-order valence-corrected chi connectivity index (χ3v) is 5.25. The van der Waals surface area contributed by atoms with Crippen LogP contribution in [-0.4, -0.2) is 0 Å². The molecule has 0 nitrogen and oxygen atoms in total. The van der Waals surface area contributed by atoms with Gasteiger partial charge in [-0.05, 0) is 61.7 Å². The van der Waals surface area contributed by atoms with E-state index >= 15 is 0 Å². The van der Waals surface area contributed by atoms with Gasteiger partial charge in [0.2, 0.25) is 0 Å². The molecule has 0 aliphatic heterocycles. The molecular formula is C14H24. The molecule has 0 bridgehead atoms. The maximum atomic E-state index is 2.32. The topological polar surface area (TPSA) is 0 Å². The first kappa shape index (κ1) is 9.24. The fraction of sp³-hybridized carbons (Fsp3) is 1.00. The molecule has 3 unspecified atom stereocenters. The number of hydrogen-bond acceptors (Lipinski definition) is 0. The van der Waals surface area contributed by atoms with E-state index in [0.717, 1.165) is 5.41 Å². The largest absolute Gasteiger partial charge is 0.0654 e. The van der Waals surface area contributed by atoms with E-state index in [4.69, 9.17) is 0 Å². The van der Waals surface area contributed by atoms with Crippen LogP contribution in [0.3, 0.4) is 0 Å². The normalized spacial score (nSPS) is 45.2. The lowest BCUT2D eigenvalue weighted by Crippen LogP contribution is -2.01. The lowest BCUT2D eigenvalue weighted by molar-refractivity contribution is 0.406. The Hall–Kier alpha value is 0. The maximum Gasteiger partial charge on any atom is -0.0263 e. The summed E-state index contributed by atoms with van der Waals surface area (Å²) in [5.74, 6) is 3.58. The summed E-state index contributed by atoms with van der Waals surface area (Å²) in [5, 5.41) is 0. The average Bonchev–Trinajstić information content (AvgIpc) is 3.09. The predicted molar refractivity (Wildman–Crippen MR) is 60.1 cm³/mol. The van der Waals surface area contributed by atoms with Crippen molar-refractivity contribution in [2.45, 2.75) is 64.7 Å². The first-order valence-corrected chi connectivity index (χ1v) is 6.86. The van der Waals surface area contributed by atoms with E-state index in [0.29, 0.717) is 0 Å². The number of rotatable bonds is 5. The molecule has 0 radical (unpaired) electrons. The van der Waals surface area contributed by atoms with Crippen LogP contribution in [0, 0.1) is 23.2 Å². The summed E-state index contributed by atoms with van der Waals surface area (Å²) in [6, 6.07) is 0. The molecule has 0 aromatic carbocycles. The summed E-state index contributed by atoms with van der Waals surface area (Å²) >= 11 is 0. The molecule has 3 atom stereocenters. The average molecular weight is 192 g/mol. The van der Waals surface area contributed by atoms with Crippen molar-refractivity contribution in [3.63, 3.8) is 0 Å². The van der Waals surface area contributed by atoms with Crippen LogP contribution in [0.25, 0.3) is 0 Å². The first-order valence-electron chi connectivity index (χ1n) is 6.86. The Morgan fingerprint density at radius 3 is 2.64 bits per heavy atom. The summed E-state index contributed by atoms with van der Waals surface area (Å²) in [5.41, 5.74) is 0.905. The van der Waals surface area contributed by atoms with Crippen LogP contribution < -0.4 is 0 Å². The van der Waals surface area contributed by atoms with E-state index in [1.165, 1.54) is 37.0 Å². The molecule has 0 heteroatoms. The van der Waals surface area contributed by atoms with Gasteiger partial charge in [0.15, 0.2) is 0 Å². The zero-order chi connectivity index (χ0) is 9.60. The number of unbranched alkanes of at least 4 members (excludes halogenated alkanes) is 2. The molecule has 3 fully saturated rings. The summed E-state index contributed by atoms with van der Waals surface area (Å²) in [6.07, 6.45) is 13.9. The van der Waals surface area contributed by atoms with E-state index < -0.39 is 0 Å². The van der Waals surface area contributed by atoms with Gasteiger partial charge in [0, 0.05) is 0 Å². The van der Waals surface area contributed by atoms with E-state index in [1.54, 1.807) is 38.5 Å². The zero-order valence-corrected chi connectivity index (χ0v) is 9.60. The van der Waals surface area contributed by atoms with Crippen LogP contribution in [0.2, 0.25) is 0 Å². The van der Waals surface area contributed by atoms with Crippen LogP contribution in [0.4, 0.5) is 0 Å². The van der Waals surface area contributed by atoms with Crippen molar-refractivity contribution in [2.75, 3.05) is 0 Å². The molecule has 80 valence electrons. The highest BCUT2D eigenvalue weighted by Gasteiger charge is 2.62. The van der Waals surface area contributed by atoms with Gasteiger partial charge in [-0.25, -0.2) is 0 Å². The van der Waals surface area contributed by atoms with Gasteiger partial charge in [0.05, 0.1) is 0 Å². The van der Waals surface area contributed by atoms with Gasteiger partial charge in [0.25, 0.3) is 0 Å². The quantitative estimate of drug-likeness (QED) is 0.567. The lowest BCUT2D eigenvalue weighted by Gasteiger charge is -2.09. The van der Waals surface area contributed by atoms with E-state index in [1.807, 2.05) is 0 Å². The summed E-state index contributed by atoms with van der Waals surface area (Å²) in [7, 11) is 0. The van der Waals surface area contributed by atoms with Crippen molar-refractivity contribution < 1.29 is 0 Å². The minimum Gasteiger partial charge on any atom is -0.0654 e. The Morgan fingerprint density at radius 1 is 1.14 bits per heavy atom. The molecule has 0 spiro atoms. The highest BCUT2D eigenvalue weighted by atomic mass is 14.7. The minimum atomic E-state index is 0.905. The molecule has 0 heterocycles. The third kappa shape index (κ3) is 1.42. The van der Waals surface area contributed by atoms with Crippen molar-refractivity contribution in [2.24, 2.45) is 23.2 Å². The van der Waals surface area contributed by atoms with Crippen molar-refractivity contribution >= 4 is 0 Å². The Bertz CT molecular complexity index is 216. The van der Waals surface area contributed by atoms with Crippen molar-refractivity contribution in [1.29, 1.82) is 0 Å². The predicted octanol–water partition coefficient (Wildman–Crippen LogP) is 4.39. The monoisotopic (exact) mass is 192 g/mol. The second-order valence-corrected chi connectivity index (χ2v) is 6.17. The van der Waals surface area contributed by atoms with Crippen LogP contribution >= 0.6 is 0 Å². The molecule has 3 aliphatic carbocycles.